The maximum Gasteiger partial charge on any atom is 0.329 e. The standard InChI is InChI=1S/C25H27N9O3S/c1-31-14-18(12-29-31)21-7-6-17(11-27-21)16-5-8-22-20(10-16)24-23(13-28-22)32(2)25(35)34(24)19-4-3-9-33(15-19)30-38(26,36)37/h5-8,10-14,19,30H,3-4,9,15H2,1-2H3,(H2,26,36,37). The van der Waals surface area contributed by atoms with E-state index in [1.165, 1.54) is 0 Å². The van der Waals surface area contributed by atoms with Gasteiger partial charge in [0.25, 0.3) is 10.2 Å². The molecule has 3 N–H and O–H groups in total. The predicted octanol–water partition coefficient (Wildman–Crippen LogP) is 1.70. The highest BCUT2D eigenvalue weighted by Gasteiger charge is 2.28. The molecule has 1 aliphatic rings. The molecule has 12 nitrogen and oxygen atoms in total. The molecular formula is C25H27N9O3S. The summed E-state index contributed by atoms with van der Waals surface area (Å²) >= 11 is 0. The Kier molecular flexibility index (Phi) is 5.87. The summed E-state index contributed by atoms with van der Waals surface area (Å²) in [6.07, 6.45) is 8.67. The van der Waals surface area contributed by atoms with Crippen molar-refractivity contribution in [3.8, 4) is 22.4 Å². The minimum atomic E-state index is -3.90. The van der Waals surface area contributed by atoms with Gasteiger partial charge in [-0.1, -0.05) is 12.1 Å². The van der Waals surface area contributed by atoms with Gasteiger partial charge in [-0.25, -0.2) is 14.9 Å². The number of nitrogens with one attached hydrogen (secondary N) is 1. The van der Waals surface area contributed by atoms with Crippen molar-refractivity contribution in [2.45, 2.75) is 18.9 Å². The molecule has 1 atom stereocenters. The van der Waals surface area contributed by atoms with Crippen LogP contribution in [0.25, 0.3) is 44.3 Å². The second kappa shape index (κ2) is 9.13. The number of hydrogen-bond acceptors (Lipinski definition) is 7. The van der Waals surface area contributed by atoms with Crippen molar-refractivity contribution in [1.29, 1.82) is 0 Å². The first-order valence-corrected chi connectivity index (χ1v) is 13.7. The minimum absolute atomic E-state index is 0.176. The third-order valence-corrected chi connectivity index (χ3v) is 7.54. The molecule has 6 rings (SSSR count). The minimum Gasteiger partial charge on any atom is -0.293 e. The van der Waals surface area contributed by atoms with Gasteiger partial charge < -0.3 is 0 Å². The van der Waals surface area contributed by atoms with Crippen molar-refractivity contribution >= 4 is 32.1 Å². The van der Waals surface area contributed by atoms with Crippen molar-refractivity contribution in [3.63, 3.8) is 0 Å². The van der Waals surface area contributed by atoms with E-state index in [4.69, 9.17) is 5.14 Å². The largest absolute Gasteiger partial charge is 0.329 e. The average Bonchev–Trinajstić information content (AvgIpc) is 3.44. The molecule has 13 heteroatoms. The van der Waals surface area contributed by atoms with Crippen LogP contribution in [-0.2, 0) is 24.3 Å². The van der Waals surface area contributed by atoms with Gasteiger partial charge in [0.1, 0.15) is 0 Å². The number of hydrogen-bond donors (Lipinski definition) is 2. The Morgan fingerprint density at radius 2 is 1.84 bits per heavy atom. The Bertz CT molecular complexity index is 1840. The molecule has 1 saturated heterocycles. The number of piperidine rings is 1. The van der Waals surface area contributed by atoms with Gasteiger partial charge in [0.2, 0.25) is 0 Å². The van der Waals surface area contributed by atoms with Crippen LogP contribution in [0.1, 0.15) is 18.9 Å². The molecule has 0 bridgehead atoms. The van der Waals surface area contributed by atoms with Crippen molar-refractivity contribution in [2.75, 3.05) is 13.1 Å². The van der Waals surface area contributed by atoms with E-state index in [0.717, 1.165) is 45.2 Å². The maximum atomic E-state index is 13.5. The summed E-state index contributed by atoms with van der Waals surface area (Å²) in [5.74, 6) is 0. The first-order valence-electron chi connectivity index (χ1n) is 12.2. The topological polar surface area (TPSA) is 146 Å². The zero-order valence-electron chi connectivity index (χ0n) is 20.9. The Balaban J connectivity index is 1.45. The maximum absolute atomic E-state index is 13.5. The lowest BCUT2D eigenvalue weighted by atomic mass is 10.0. The second-order valence-corrected chi connectivity index (χ2v) is 10.9. The summed E-state index contributed by atoms with van der Waals surface area (Å²) in [6.45, 7) is 0.833. The van der Waals surface area contributed by atoms with Crippen molar-refractivity contribution in [3.05, 3.63) is 65.6 Å². The number of nitrogens with zero attached hydrogens (tertiary/aromatic N) is 7. The number of hydrazine groups is 1. The second-order valence-electron chi connectivity index (χ2n) is 9.65. The summed E-state index contributed by atoms with van der Waals surface area (Å²) in [7, 11) is -0.312. The molecule has 5 aromatic rings. The van der Waals surface area contributed by atoms with Gasteiger partial charge in [-0.3, -0.25) is 23.8 Å². The first kappa shape index (κ1) is 24.4. The number of aromatic nitrogens is 6. The van der Waals surface area contributed by atoms with E-state index >= 15 is 0 Å². The monoisotopic (exact) mass is 533 g/mol. The molecule has 38 heavy (non-hydrogen) atoms. The first-order chi connectivity index (χ1) is 18.2. The van der Waals surface area contributed by atoms with E-state index in [1.807, 2.05) is 49.8 Å². The van der Waals surface area contributed by atoms with E-state index < -0.39 is 10.2 Å². The smallest absolute Gasteiger partial charge is 0.293 e. The zero-order valence-corrected chi connectivity index (χ0v) is 21.8. The summed E-state index contributed by atoms with van der Waals surface area (Å²) in [5, 5.41) is 11.8. The fourth-order valence-electron chi connectivity index (χ4n) is 5.26. The Hall–Kier alpha value is -3.91. The van der Waals surface area contributed by atoms with Crippen molar-refractivity contribution < 1.29 is 8.42 Å². The number of imidazole rings is 1. The summed E-state index contributed by atoms with van der Waals surface area (Å²) in [5.41, 5.74) is 5.71. The number of pyridine rings is 2. The number of nitrogens with two attached hydrogens (primary N) is 1. The lowest BCUT2D eigenvalue weighted by Gasteiger charge is -2.32. The average molecular weight is 534 g/mol. The van der Waals surface area contributed by atoms with Crippen LogP contribution in [0.2, 0.25) is 0 Å². The number of rotatable bonds is 5. The lowest BCUT2D eigenvalue weighted by Crippen LogP contribution is -2.50. The van der Waals surface area contributed by atoms with Crippen LogP contribution in [0, 0.1) is 0 Å². The fourth-order valence-corrected chi connectivity index (χ4v) is 5.79. The number of aryl methyl sites for hydroxylation is 2. The van der Waals surface area contributed by atoms with Crippen LogP contribution < -0.4 is 15.7 Å². The van der Waals surface area contributed by atoms with E-state index in [2.05, 4.69) is 19.9 Å². The molecule has 1 aromatic carbocycles. The SMILES string of the molecule is Cn1cc(-c2ccc(-c3ccc4ncc5c(c4c3)n(C3CCCN(NS(N)(=O)=O)C3)c(=O)n5C)cn2)cn1. The molecule has 0 saturated carbocycles. The molecule has 0 aliphatic carbocycles. The van der Waals surface area contributed by atoms with E-state index in [0.29, 0.717) is 25.0 Å². The quantitative estimate of drug-likeness (QED) is 0.350. The molecule has 1 unspecified atom stereocenters. The molecule has 1 aliphatic heterocycles. The van der Waals surface area contributed by atoms with Crippen LogP contribution in [0.3, 0.4) is 0 Å². The van der Waals surface area contributed by atoms with Gasteiger partial charge in [0, 0.05) is 56.1 Å². The number of fused-ring (bicyclic) bond motifs is 3. The molecule has 0 amide bonds. The predicted molar refractivity (Wildman–Crippen MR) is 144 cm³/mol. The van der Waals surface area contributed by atoms with Gasteiger partial charge in [-0.05, 0) is 36.6 Å². The summed E-state index contributed by atoms with van der Waals surface area (Å²) in [6, 6.07) is 9.69. The normalized spacial score (nSPS) is 17.0. The third kappa shape index (κ3) is 4.39. The molecular weight excluding hydrogens is 506 g/mol. The van der Waals surface area contributed by atoms with E-state index in [9.17, 15) is 13.2 Å². The van der Waals surface area contributed by atoms with Crippen molar-refractivity contribution in [1.82, 2.24) is 38.7 Å². The van der Waals surface area contributed by atoms with Crippen LogP contribution >= 0.6 is 0 Å². The molecule has 4 aromatic heterocycles. The van der Waals surface area contributed by atoms with E-state index in [-0.39, 0.29) is 11.7 Å². The van der Waals surface area contributed by atoms with Crippen LogP contribution in [-0.4, -0.2) is 55.4 Å². The summed E-state index contributed by atoms with van der Waals surface area (Å²) in [4.78, 5) is 25.0. The zero-order chi connectivity index (χ0) is 26.6. The van der Waals surface area contributed by atoms with Gasteiger partial charge >= 0.3 is 5.69 Å². The van der Waals surface area contributed by atoms with E-state index in [1.54, 1.807) is 38.3 Å². The Morgan fingerprint density at radius 1 is 1.03 bits per heavy atom. The van der Waals surface area contributed by atoms with Gasteiger partial charge in [0.15, 0.2) is 0 Å². The van der Waals surface area contributed by atoms with Crippen LogP contribution in [0.4, 0.5) is 0 Å². The number of benzene rings is 1. The fraction of sp³-hybridized carbons (Fsp3) is 0.280. The van der Waals surface area contributed by atoms with Crippen LogP contribution in [0.15, 0.2) is 59.9 Å². The van der Waals surface area contributed by atoms with Gasteiger partial charge in [-0.15, -0.1) is 4.83 Å². The Labute approximate surface area is 218 Å². The van der Waals surface area contributed by atoms with Gasteiger partial charge in [-0.2, -0.15) is 13.5 Å². The lowest BCUT2D eigenvalue weighted by molar-refractivity contribution is 0.154. The molecule has 0 spiro atoms. The molecule has 1 fully saturated rings. The van der Waals surface area contributed by atoms with Gasteiger partial charge in [0.05, 0.1) is 40.7 Å². The molecule has 196 valence electrons. The van der Waals surface area contributed by atoms with Crippen LogP contribution in [0.5, 0.6) is 0 Å². The highest BCUT2D eigenvalue weighted by molar-refractivity contribution is 7.87. The third-order valence-electron chi connectivity index (χ3n) is 7.03. The molecule has 0 radical (unpaired) electrons. The Morgan fingerprint density at radius 3 is 2.55 bits per heavy atom. The molecule has 5 heterocycles. The summed E-state index contributed by atoms with van der Waals surface area (Å²) < 4.78 is 28.3. The highest BCUT2D eigenvalue weighted by Crippen LogP contribution is 2.32. The highest BCUT2D eigenvalue weighted by atomic mass is 32.2. The van der Waals surface area contributed by atoms with Crippen molar-refractivity contribution in [2.24, 2.45) is 19.2 Å².